The van der Waals surface area contributed by atoms with Crippen molar-refractivity contribution in [3.8, 4) is 5.75 Å². The highest BCUT2D eigenvalue weighted by atomic mass is 16.5. The summed E-state index contributed by atoms with van der Waals surface area (Å²) in [6.07, 6.45) is 1.58. The Morgan fingerprint density at radius 2 is 2.05 bits per heavy atom. The summed E-state index contributed by atoms with van der Waals surface area (Å²) in [5.74, 6) is -0.669. The summed E-state index contributed by atoms with van der Waals surface area (Å²) in [6.45, 7) is 6.06. The molecule has 0 aliphatic rings. The van der Waals surface area contributed by atoms with E-state index in [-0.39, 0.29) is 18.5 Å². The van der Waals surface area contributed by atoms with Crippen molar-refractivity contribution in [3.05, 3.63) is 29.8 Å². The molecule has 0 aromatic heterocycles. The number of nitrogens with zero attached hydrogens (tertiary/aromatic N) is 1. The zero-order valence-electron chi connectivity index (χ0n) is 12.8. The maximum absolute atomic E-state index is 12.5. The number of hydrogen-bond acceptors (Lipinski definition) is 3. The van der Waals surface area contributed by atoms with Crippen molar-refractivity contribution < 1.29 is 19.4 Å². The van der Waals surface area contributed by atoms with Crippen molar-refractivity contribution in [3.63, 3.8) is 0 Å². The molecule has 0 radical (unpaired) electrons. The lowest BCUT2D eigenvalue weighted by Crippen LogP contribution is -2.41. The summed E-state index contributed by atoms with van der Waals surface area (Å²) < 4.78 is 5.51. The summed E-state index contributed by atoms with van der Waals surface area (Å²) in [5, 5.41) is 8.98. The van der Waals surface area contributed by atoms with Crippen LogP contribution in [-0.2, 0) is 4.79 Å². The Balaban J connectivity index is 2.94. The van der Waals surface area contributed by atoms with Crippen molar-refractivity contribution in [1.82, 2.24) is 4.90 Å². The largest absolute Gasteiger partial charge is 0.494 e. The molecule has 5 heteroatoms. The van der Waals surface area contributed by atoms with Crippen LogP contribution < -0.4 is 4.74 Å². The van der Waals surface area contributed by atoms with Crippen LogP contribution in [0.25, 0.3) is 0 Å². The van der Waals surface area contributed by atoms with E-state index in [1.54, 1.807) is 24.3 Å². The van der Waals surface area contributed by atoms with Gasteiger partial charge in [0.05, 0.1) is 6.61 Å². The molecule has 116 valence electrons. The van der Waals surface area contributed by atoms with Crippen LogP contribution in [0, 0.1) is 0 Å². The first-order chi connectivity index (χ1) is 9.99. The second-order valence-electron chi connectivity index (χ2n) is 4.96. The minimum Gasteiger partial charge on any atom is -0.494 e. The molecule has 1 N–H and O–H groups in total. The number of hydrogen-bond donors (Lipinski definition) is 1. The second-order valence-corrected chi connectivity index (χ2v) is 4.96. The Morgan fingerprint density at radius 1 is 1.33 bits per heavy atom. The number of ether oxygens (including phenoxy) is 1. The molecule has 1 unspecified atom stereocenters. The monoisotopic (exact) mass is 293 g/mol. The third kappa shape index (κ3) is 5.10. The van der Waals surface area contributed by atoms with Gasteiger partial charge in [0.15, 0.2) is 0 Å². The normalized spacial score (nSPS) is 11.8. The minimum absolute atomic E-state index is 0.131. The van der Waals surface area contributed by atoms with Gasteiger partial charge in [0, 0.05) is 11.6 Å². The van der Waals surface area contributed by atoms with Gasteiger partial charge in [-0.15, -0.1) is 0 Å². The zero-order chi connectivity index (χ0) is 15.8. The fourth-order valence-corrected chi connectivity index (χ4v) is 1.90. The first-order valence-corrected chi connectivity index (χ1v) is 7.25. The van der Waals surface area contributed by atoms with E-state index in [9.17, 15) is 9.59 Å². The standard InChI is InChI=1S/C16H23NO4/c1-4-9-21-14-8-6-7-13(10-14)16(20)17(11-15(18)19)12(3)5-2/h6-8,10,12H,4-5,9,11H2,1-3H3,(H,18,19). The summed E-state index contributed by atoms with van der Waals surface area (Å²) in [6, 6.07) is 6.74. The number of carbonyl (C=O) groups excluding carboxylic acids is 1. The number of aliphatic carboxylic acids is 1. The maximum atomic E-state index is 12.5. The van der Waals surface area contributed by atoms with Gasteiger partial charge in [-0.2, -0.15) is 0 Å². The third-order valence-electron chi connectivity index (χ3n) is 3.24. The van der Waals surface area contributed by atoms with Crippen LogP contribution in [0.2, 0.25) is 0 Å². The Morgan fingerprint density at radius 3 is 2.62 bits per heavy atom. The van der Waals surface area contributed by atoms with Crippen molar-refractivity contribution in [2.45, 2.75) is 39.7 Å². The van der Waals surface area contributed by atoms with Gasteiger partial charge in [-0.1, -0.05) is 19.9 Å². The molecule has 0 aliphatic heterocycles. The number of carboxylic acid groups (broad SMARTS) is 1. The molecule has 0 fully saturated rings. The topological polar surface area (TPSA) is 66.8 Å². The molecule has 0 saturated carbocycles. The van der Waals surface area contributed by atoms with Gasteiger partial charge >= 0.3 is 5.97 Å². The van der Waals surface area contributed by atoms with Crippen LogP contribution >= 0.6 is 0 Å². The summed E-state index contributed by atoms with van der Waals surface area (Å²) >= 11 is 0. The predicted octanol–water partition coefficient (Wildman–Crippen LogP) is 2.80. The molecule has 1 rings (SSSR count). The van der Waals surface area contributed by atoms with Gasteiger partial charge in [0.2, 0.25) is 0 Å². The maximum Gasteiger partial charge on any atom is 0.323 e. The van der Waals surface area contributed by atoms with Crippen LogP contribution in [-0.4, -0.2) is 41.1 Å². The molecule has 21 heavy (non-hydrogen) atoms. The molecule has 1 aromatic rings. The molecule has 0 saturated heterocycles. The Hall–Kier alpha value is -2.04. The second kappa shape index (κ2) is 8.29. The molecular weight excluding hydrogens is 270 g/mol. The van der Waals surface area contributed by atoms with E-state index >= 15 is 0 Å². The van der Waals surface area contributed by atoms with E-state index in [4.69, 9.17) is 9.84 Å². The zero-order valence-corrected chi connectivity index (χ0v) is 12.8. The van der Waals surface area contributed by atoms with Gasteiger partial charge in [0.1, 0.15) is 12.3 Å². The van der Waals surface area contributed by atoms with Gasteiger partial charge in [-0.05, 0) is 38.0 Å². The molecule has 0 spiro atoms. The lowest BCUT2D eigenvalue weighted by Gasteiger charge is -2.27. The Bertz CT molecular complexity index is 487. The SMILES string of the molecule is CCCOc1cccc(C(=O)N(CC(=O)O)C(C)CC)c1. The molecule has 5 nitrogen and oxygen atoms in total. The van der Waals surface area contributed by atoms with Crippen LogP contribution in [0.1, 0.15) is 44.0 Å². The highest BCUT2D eigenvalue weighted by Crippen LogP contribution is 2.17. The van der Waals surface area contributed by atoms with Crippen molar-refractivity contribution in [2.75, 3.05) is 13.2 Å². The van der Waals surface area contributed by atoms with Crippen LogP contribution in [0.3, 0.4) is 0 Å². The van der Waals surface area contributed by atoms with Gasteiger partial charge < -0.3 is 14.7 Å². The number of carbonyl (C=O) groups is 2. The molecule has 1 aromatic carbocycles. The summed E-state index contributed by atoms with van der Waals surface area (Å²) in [4.78, 5) is 24.8. The summed E-state index contributed by atoms with van der Waals surface area (Å²) in [7, 11) is 0. The van der Waals surface area contributed by atoms with E-state index in [1.807, 2.05) is 20.8 Å². The number of carboxylic acids is 1. The van der Waals surface area contributed by atoms with E-state index < -0.39 is 5.97 Å². The molecule has 0 bridgehead atoms. The van der Waals surface area contributed by atoms with Crippen molar-refractivity contribution in [1.29, 1.82) is 0 Å². The van der Waals surface area contributed by atoms with Gasteiger partial charge in [-0.3, -0.25) is 9.59 Å². The van der Waals surface area contributed by atoms with Gasteiger partial charge in [0.25, 0.3) is 5.91 Å². The fourth-order valence-electron chi connectivity index (χ4n) is 1.90. The van der Waals surface area contributed by atoms with Crippen LogP contribution in [0.4, 0.5) is 0 Å². The first kappa shape index (κ1) is 17.0. The number of benzene rings is 1. The van der Waals surface area contributed by atoms with Crippen LogP contribution in [0.15, 0.2) is 24.3 Å². The highest BCUT2D eigenvalue weighted by molar-refractivity contribution is 5.96. The molecule has 0 aliphatic carbocycles. The van der Waals surface area contributed by atoms with E-state index in [1.165, 1.54) is 4.90 Å². The number of rotatable bonds is 8. The lowest BCUT2D eigenvalue weighted by atomic mass is 10.1. The molecule has 1 amide bonds. The summed E-state index contributed by atoms with van der Waals surface area (Å²) in [5.41, 5.74) is 0.449. The van der Waals surface area contributed by atoms with Crippen molar-refractivity contribution >= 4 is 11.9 Å². The quantitative estimate of drug-likeness (QED) is 0.800. The van der Waals surface area contributed by atoms with Gasteiger partial charge in [-0.25, -0.2) is 0 Å². The van der Waals surface area contributed by atoms with E-state index in [0.29, 0.717) is 24.3 Å². The highest BCUT2D eigenvalue weighted by Gasteiger charge is 2.23. The first-order valence-electron chi connectivity index (χ1n) is 7.25. The average molecular weight is 293 g/mol. The minimum atomic E-state index is -1.01. The van der Waals surface area contributed by atoms with E-state index in [0.717, 1.165) is 6.42 Å². The Kier molecular flexibility index (Phi) is 6.72. The average Bonchev–Trinajstić information content (AvgIpc) is 2.49. The molecule has 1 atom stereocenters. The van der Waals surface area contributed by atoms with Crippen LogP contribution in [0.5, 0.6) is 5.75 Å². The fraction of sp³-hybridized carbons (Fsp3) is 0.500. The third-order valence-corrected chi connectivity index (χ3v) is 3.24. The predicted molar refractivity (Wildman–Crippen MR) is 80.7 cm³/mol. The molecule has 0 heterocycles. The Labute approximate surface area is 125 Å². The van der Waals surface area contributed by atoms with Crippen molar-refractivity contribution in [2.24, 2.45) is 0 Å². The lowest BCUT2D eigenvalue weighted by molar-refractivity contribution is -0.138. The molecular formula is C16H23NO4. The smallest absolute Gasteiger partial charge is 0.323 e. The van der Waals surface area contributed by atoms with E-state index in [2.05, 4.69) is 0 Å². The number of amides is 1.